The fourth-order valence-electron chi connectivity index (χ4n) is 5.59. The van der Waals surface area contributed by atoms with Crippen molar-refractivity contribution in [3.8, 4) is 5.75 Å². The zero-order valence-corrected chi connectivity index (χ0v) is 27.6. The molecule has 1 aromatic heterocycles. The molecule has 9 nitrogen and oxygen atoms in total. The summed E-state index contributed by atoms with van der Waals surface area (Å²) < 4.78 is 75.3. The van der Waals surface area contributed by atoms with Crippen molar-refractivity contribution in [2.45, 2.75) is 77.0 Å². The second-order valence-corrected chi connectivity index (χ2v) is 14.3. The van der Waals surface area contributed by atoms with Gasteiger partial charge in [0, 0.05) is 29.9 Å². The van der Waals surface area contributed by atoms with Crippen LogP contribution in [0.2, 0.25) is 5.02 Å². The van der Waals surface area contributed by atoms with Gasteiger partial charge in [0.1, 0.15) is 6.61 Å². The van der Waals surface area contributed by atoms with Gasteiger partial charge in [-0.3, -0.25) is 4.90 Å². The zero-order valence-electron chi connectivity index (χ0n) is 26.1. The normalized spacial score (nSPS) is 18.8. The smallest absolute Gasteiger partial charge is 0.416 e. The van der Waals surface area contributed by atoms with Gasteiger partial charge in [-0.2, -0.15) is 13.2 Å². The number of rotatable bonds is 11. The first kappa shape index (κ1) is 35.3. The maximum atomic E-state index is 13.7. The van der Waals surface area contributed by atoms with Crippen molar-refractivity contribution in [3.63, 3.8) is 0 Å². The molecular formula is C32H38ClF3N4O5S. The number of ether oxygens (including phenoxy) is 2. The van der Waals surface area contributed by atoms with Crippen LogP contribution in [0.25, 0.3) is 0 Å². The maximum absolute atomic E-state index is 13.7. The lowest BCUT2D eigenvalue weighted by atomic mass is 9.85. The van der Waals surface area contributed by atoms with Gasteiger partial charge in [-0.15, -0.1) is 0 Å². The number of amides is 1. The van der Waals surface area contributed by atoms with Gasteiger partial charge in [0.25, 0.3) is 0 Å². The van der Waals surface area contributed by atoms with Gasteiger partial charge in [-0.05, 0) is 62.4 Å². The SMILES string of the molecule is CC[C@@H]1C[C@H](N(Cc2cc(Cl)cc(C(F)(F)F)c2)c2ncc(OCCS(C)(=O)=O)cn2)CC(c2ccccc2)N1C(=O)OC(C)C. The highest BCUT2D eigenvalue weighted by molar-refractivity contribution is 7.90. The summed E-state index contributed by atoms with van der Waals surface area (Å²) in [5.41, 5.74) is 0.331. The van der Waals surface area contributed by atoms with Crippen molar-refractivity contribution in [2.75, 3.05) is 23.5 Å². The van der Waals surface area contributed by atoms with E-state index in [0.717, 1.165) is 24.0 Å². The lowest BCUT2D eigenvalue weighted by Crippen LogP contribution is -2.54. The lowest BCUT2D eigenvalue weighted by Gasteiger charge is -2.47. The summed E-state index contributed by atoms with van der Waals surface area (Å²) in [5, 5.41) is -0.0554. The van der Waals surface area contributed by atoms with Crippen molar-refractivity contribution in [1.82, 2.24) is 14.9 Å². The Labute approximate surface area is 272 Å². The number of hydrogen-bond donors (Lipinski definition) is 0. The average Bonchev–Trinajstić information content (AvgIpc) is 2.98. The number of benzene rings is 2. The van der Waals surface area contributed by atoms with Crippen LogP contribution in [0.15, 0.2) is 60.9 Å². The topological polar surface area (TPSA) is 102 Å². The molecule has 3 aromatic rings. The Morgan fingerprint density at radius 2 is 1.78 bits per heavy atom. The number of aromatic nitrogens is 2. The Balaban J connectivity index is 1.74. The molecule has 2 heterocycles. The van der Waals surface area contributed by atoms with Crippen LogP contribution in [0.3, 0.4) is 0 Å². The van der Waals surface area contributed by atoms with E-state index in [2.05, 4.69) is 9.97 Å². The Hall–Kier alpha value is -3.58. The molecule has 0 bridgehead atoms. The number of halogens is 4. The zero-order chi connectivity index (χ0) is 33.6. The highest BCUT2D eigenvalue weighted by atomic mass is 35.5. The number of carbonyl (C=O) groups excluding carboxylic acids is 1. The van der Waals surface area contributed by atoms with E-state index in [4.69, 9.17) is 21.1 Å². The van der Waals surface area contributed by atoms with Crippen LogP contribution in [0, 0.1) is 0 Å². The van der Waals surface area contributed by atoms with E-state index < -0.39 is 33.7 Å². The Morgan fingerprint density at radius 3 is 2.37 bits per heavy atom. The van der Waals surface area contributed by atoms with Crippen molar-refractivity contribution in [1.29, 1.82) is 0 Å². The standard InChI is InChI=1S/C32H38ClF3N4O5S/c1-5-26-16-27(17-29(23-9-7-6-8-10-23)40(26)31(41)45-21(2)3)39(20-22-13-24(32(34,35)36)15-25(33)14-22)30-37-18-28(19-38-30)44-11-12-46(4,42)43/h6-10,13-15,18-19,21,26-27,29H,5,11-12,16-17,20H2,1-4H3/t26-,27+,29?/m1/s1. The first-order valence-electron chi connectivity index (χ1n) is 14.9. The van der Waals surface area contributed by atoms with Crippen molar-refractivity contribution >= 4 is 33.5 Å². The number of anilines is 1. The predicted octanol–water partition coefficient (Wildman–Crippen LogP) is 7.11. The lowest BCUT2D eigenvalue weighted by molar-refractivity contribution is -0.137. The van der Waals surface area contributed by atoms with Crippen LogP contribution in [-0.4, -0.2) is 66.2 Å². The third-order valence-corrected chi connectivity index (χ3v) is 8.77. The third-order valence-electron chi connectivity index (χ3n) is 7.64. The maximum Gasteiger partial charge on any atom is 0.416 e. The van der Waals surface area contributed by atoms with Crippen LogP contribution in [0.1, 0.15) is 62.8 Å². The molecule has 1 amide bonds. The first-order chi connectivity index (χ1) is 21.6. The van der Waals surface area contributed by atoms with E-state index in [1.807, 2.05) is 42.2 Å². The van der Waals surface area contributed by atoms with E-state index >= 15 is 0 Å². The molecule has 1 aliphatic rings. The summed E-state index contributed by atoms with van der Waals surface area (Å²) in [6.45, 7) is 5.46. The fraction of sp³-hybridized carbons (Fsp3) is 0.469. The number of carbonyl (C=O) groups is 1. The largest absolute Gasteiger partial charge is 0.489 e. The van der Waals surface area contributed by atoms with Crippen molar-refractivity contribution in [3.05, 3.63) is 82.6 Å². The summed E-state index contributed by atoms with van der Waals surface area (Å²) in [6.07, 6.45) is 0.0322. The van der Waals surface area contributed by atoms with Crippen molar-refractivity contribution < 1.29 is 35.9 Å². The first-order valence-corrected chi connectivity index (χ1v) is 17.4. The quantitative estimate of drug-likeness (QED) is 0.211. The number of sulfone groups is 1. The summed E-state index contributed by atoms with van der Waals surface area (Å²) in [7, 11) is -3.24. The van der Waals surface area contributed by atoms with Crippen LogP contribution < -0.4 is 9.64 Å². The minimum atomic E-state index is -4.60. The fourth-order valence-corrected chi connectivity index (χ4v) is 6.23. The Kier molecular flexibility index (Phi) is 11.4. The summed E-state index contributed by atoms with van der Waals surface area (Å²) in [5.74, 6) is 0.289. The molecule has 3 atom stereocenters. The van der Waals surface area contributed by atoms with Crippen LogP contribution in [0.5, 0.6) is 5.75 Å². The monoisotopic (exact) mass is 682 g/mol. The number of nitrogens with zero attached hydrogens (tertiary/aromatic N) is 4. The average molecular weight is 683 g/mol. The van der Waals surface area contributed by atoms with Gasteiger partial charge < -0.3 is 14.4 Å². The van der Waals surface area contributed by atoms with Gasteiger partial charge in [0.2, 0.25) is 5.95 Å². The van der Waals surface area contributed by atoms with Crippen LogP contribution >= 0.6 is 11.6 Å². The number of likely N-dealkylation sites (tertiary alicyclic amines) is 1. The van der Waals surface area contributed by atoms with E-state index in [1.165, 1.54) is 18.5 Å². The van der Waals surface area contributed by atoms with Gasteiger partial charge in [0.15, 0.2) is 15.6 Å². The van der Waals surface area contributed by atoms with E-state index in [9.17, 15) is 26.4 Å². The number of hydrogen-bond acceptors (Lipinski definition) is 8. The van der Waals surface area contributed by atoms with Gasteiger partial charge in [-0.1, -0.05) is 48.9 Å². The Morgan fingerprint density at radius 1 is 1.11 bits per heavy atom. The summed E-state index contributed by atoms with van der Waals surface area (Å²) in [4.78, 5) is 26.0. The minimum Gasteiger partial charge on any atom is -0.489 e. The molecule has 4 rings (SSSR count). The van der Waals surface area contributed by atoms with Crippen LogP contribution in [-0.2, 0) is 27.3 Å². The molecule has 1 unspecified atom stereocenters. The molecule has 250 valence electrons. The third kappa shape index (κ3) is 9.47. The minimum absolute atomic E-state index is 0.00300. The van der Waals surface area contributed by atoms with Gasteiger partial charge >= 0.3 is 12.3 Å². The molecule has 1 aliphatic heterocycles. The highest BCUT2D eigenvalue weighted by Crippen LogP contribution is 2.40. The van der Waals surface area contributed by atoms with Gasteiger partial charge in [-0.25, -0.2) is 23.2 Å². The molecule has 14 heteroatoms. The number of alkyl halides is 3. The van der Waals surface area contributed by atoms with E-state index in [0.29, 0.717) is 24.8 Å². The molecule has 0 aliphatic carbocycles. The number of piperidine rings is 1. The van der Waals surface area contributed by atoms with Gasteiger partial charge in [0.05, 0.1) is 35.9 Å². The van der Waals surface area contributed by atoms with E-state index in [-0.39, 0.29) is 53.8 Å². The molecule has 46 heavy (non-hydrogen) atoms. The molecule has 0 spiro atoms. The second kappa shape index (κ2) is 14.9. The molecule has 1 fully saturated rings. The second-order valence-electron chi connectivity index (χ2n) is 11.6. The molecule has 0 N–H and O–H groups in total. The molecule has 0 saturated carbocycles. The highest BCUT2D eigenvalue weighted by Gasteiger charge is 2.42. The predicted molar refractivity (Wildman–Crippen MR) is 170 cm³/mol. The molecular weight excluding hydrogens is 645 g/mol. The Bertz CT molecular complexity index is 1580. The van der Waals surface area contributed by atoms with Crippen molar-refractivity contribution in [2.24, 2.45) is 0 Å². The summed E-state index contributed by atoms with van der Waals surface area (Å²) in [6, 6.07) is 12.0. The molecule has 1 saturated heterocycles. The van der Waals surface area contributed by atoms with E-state index in [1.54, 1.807) is 18.7 Å². The molecule has 2 aromatic carbocycles. The molecule has 0 radical (unpaired) electrons. The summed E-state index contributed by atoms with van der Waals surface area (Å²) >= 11 is 6.15. The van der Waals surface area contributed by atoms with Crippen LogP contribution in [0.4, 0.5) is 23.9 Å².